The lowest BCUT2D eigenvalue weighted by atomic mass is 9.86. The number of ether oxygens (including phenoxy) is 1. The molecule has 0 unspecified atom stereocenters. The molecule has 0 radical (unpaired) electrons. The molecule has 0 atom stereocenters. The first-order chi connectivity index (χ1) is 63.1. The summed E-state index contributed by atoms with van der Waals surface area (Å²) in [6.45, 7) is 12.5. The topological polar surface area (TPSA) is 660 Å². The maximum atomic E-state index is 12.7. The number of carbonyl (C=O) groups is 6. The fraction of sp³-hybridized carbons (Fsp3) is 0.148. The van der Waals surface area contributed by atoms with Gasteiger partial charge in [0.15, 0.2) is 46.0 Å². The van der Waals surface area contributed by atoms with Gasteiger partial charge in [-0.1, -0.05) is 144 Å². The van der Waals surface area contributed by atoms with E-state index >= 15 is 0 Å². The largest absolute Gasteiger partial charge is 0.503 e. The number of nitrogens with one attached hydrogen (secondary N) is 1. The van der Waals surface area contributed by atoms with Crippen LogP contribution in [0.2, 0.25) is 0 Å². The third kappa shape index (κ3) is 23.9. The molecule has 0 spiro atoms. The van der Waals surface area contributed by atoms with E-state index in [1.165, 1.54) is 81.0 Å². The van der Waals surface area contributed by atoms with Crippen LogP contribution in [0.3, 0.4) is 0 Å². The summed E-state index contributed by atoms with van der Waals surface area (Å²) < 4.78 is 63.0. The second kappa shape index (κ2) is 42.6. The van der Waals surface area contributed by atoms with Crippen molar-refractivity contribution in [3.05, 3.63) is 325 Å². The number of carboxylic acid groups (broad SMARTS) is 5. The lowest BCUT2D eigenvalue weighted by Crippen LogP contribution is -2.30. The molecule has 694 valence electrons. The molecule has 0 saturated carbocycles. The molecule has 0 fully saturated rings. The zero-order chi connectivity index (χ0) is 98.9. The van der Waals surface area contributed by atoms with Crippen LogP contribution >= 0.6 is 0 Å². The van der Waals surface area contributed by atoms with E-state index in [4.69, 9.17) is 30.3 Å². The number of fused-ring (bicyclic) bond motifs is 1. The number of pyridine rings is 1. The number of Topliss-reactive ketones (excluding diaryl/α,β-unsaturated/α-hetero) is 1. The Morgan fingerprint density at radius 3 is 1.28 bits per heavy atom. The number of carboxylic acids is 5. The summed E-state index contributed by atoms with van der Waals surface area (Å²) >= 11 is 0. The summed E-state index contributed by atoms with van der Waals surface area (Å²) in [5.41, 5.74) is -3.58. The predicted molar refractivity (Wildman–Crippen MR) is 479 cm³/mol. The maximum Gasteiger partial charge on any atom is 0.360 e. The summed E-state index contributed by atoms with van der Waals surface area (Å²) in [5.74, 6) is -12.0. The van der Waals surface area contributed by atoms with Crippen LogP contribution in [0.15, 0.2) is 247 Å². The number of rotatable bonds is 21. The van der Waals surface area contributed by atoms with Crippen LogP contribution in [-0.2, 0) is 32.1 Å². The fourth-order valence-electron chi connectivity index (χ4n) is 12.3. The van der Waals surface area contributed by atoms with E-state index in [-0.39, 0.29) is 51.7 Å². The minimum absolute atomic E-state index is 0.0172. The third-order valence-electron chi connectivity index (χ3n) is 18.6. The number of hydrogen-bond donors (Lipinski definition) is 13. The first kappa shape index (κ1) is 100. The van der Waals surface area contributed by atoms with Gasteiger partial charge in [0.05, 0.1) is 102 Å². The first-order valence-corrected chi connectivity index (χ1v) is 42.2. The van der Waals surface area contributed by atoms with Crippen molar-refractivity contribution in [3.8, 4) is 85.5 Å². The van der Waals surface area contributed by atoms with Crippen molar-refractivity contribution >= 4 is 72.3 Å². The number of anilines is 1. The SMILES string of the molecule is CC(=O)c1nn(-c2cccc3ccc(C)nc23)cc(O)c1=O.CC(C)(C)c1ccccc1-n1cc(O)c(=O)c(C(=O)O)n1.CCN(CC)S(=O)(=O)c1ccc(CO)c(-n2cc(O)c(=O)c(C(=O)O)n2)c1.COc1ccccc1-n1cc(O)c(=O)c(C(=O)O)n1.CS(=O)(=O)Nc1cccc(-n2cc(O)c(=O)c(C(=O)O)n2)c1.O=C(O)c1nn(-c2ccccc2-c2ccccc2)cc(O)c1=O. The summed E-state index contributed by atoms with van der Waals surface area (Å²) in [4.78, 5) is 141. The monoisotopic (exact) mass is 1880 g/mol. The second-order valence-corrected chi connectivity index (χ2v) is 32.7. The van der Waals surface area contributed by atoms with Gasteiger partial charge in [-0.05, 0) is 90.2 Å². The molecule has 0 amide bonds. The Morgan fingerprint density at radius 1 is 0.433 bits per heavy atom. The molecule has 13 N–H and O–H groups in total. The van der Waals surface area contributed by atoms with Gasteiger partial charge in [-0.25, -0.2) is 68.9 Å². The van der Waals surface area contributed by atoms with Gasteiger partial charge in [0.25, 0.3) is 32.6 Å². The molecular weight excluding hydrogens is 1800 g/mol. The van der Waals surface area contributed by atoms with Crippen LogP contribution in [-0.4, -0.2) is 208 Å². The number of methoxy groups -OCH3 is 1. The number of carbonyl (C=O) groups excluding carboxylic acids is 1. The first-order valence-electron chi connectivity index (χ1n) is 38.9. The van der Waals surface area contributed by atoms with Gasteiger partial charge in [0.1, 0.15) is 11.4 Å². The number of aliphatic hydroxyl groups excluding tert-OH is 1. The van der Waals surface area contributed by atoms with E-state index in [0.717, 1.165) is 79.1 Å². The average molecular weight is 1880 g/mol. The number of aromatic hydroxyl groups is 6. The molecule has 7 aromatic carbocycles. The number of aromatic carboxylic acids is 5. The highest BCUT2D eigenvalue weighted by atomic mass is 32.2. The molecular formula is C88H81N15O29S2. The number of aromatic nitrogens is 13. The average Bonchev–Trinajstić information content (AvgIpc) is 0.777. The summed E-state index contributed by atoms with van der Waals surface area (Å²) in [5, 5.41) is 136. The van der Waals surface area contributed by atoms with Crippen molar-refractivity contribution < 1.29 is 112 Å². The van der Waals surface area contributed by atoms with Crippen LogP contribution in [0.1, 0.15) is 121 Å². The van der Waals surface area contributed by atoms with Gasteiger partial charge in [-0.15, -0.1) is 0 Å². The van der Waals surface area contributed by atoms with Crippen LogP contribution in [0.5, 0.6) is 40.2 Å². The van der Waals surface area contributed by atoms with Crippen molar-refractivity contribution in [3.63, 3.8) is 0 Å². The molecule has 0 aliphatic carbocycles. The summed E-state index contributed by atoms with van der Waals surface area (Å²) in [6.07, 6.45) is 7.23. The molecule has 7 heterocycles. The van der Waals surface area contributed by atoms with Crippen molar-refractivity contribution in [2.75, 3.05) is 31.2 Å². The number of ketones is 1. The molecule has 0 aliphatic rings. The Bertz CT molecular complexity index is 7560. The number of aryl methyl sites for hydroxylation is 1. The highest BCUT2D eigenvalue weighted by Crippen LogP contribution is 2.31. The highest BCUT2D eigenvalue weighted by Gasteiger charge is 2.28. The summed E-state index contributed by atoms with van der Waals surface area (Å²) in [7, 11) is -5.87. The Kier molecular flexibility index (Phi) is 31.9. The molecule has 134 heavy (non-hydrogen) atoms. The van der Waals surface area contributed by atoms with E-state index in [0.29, 0.717) is 34.0 Å². The van der Waals surface area contributed by atoms with E-state index in [1.54, 1.807) is 68.4 Å². The van der Waals surface area contributed by atoms with E-state index in [1.807, 2.05) is 107 Å². The van der Waals surface area contributed by atoms with Gasteiger partial charge >= 0.3 is 29.8 Å². The number of sulfonamides is 2. The van der Waals surface area contributed by atoms with Crippen LogP contribution in [0, 0.1) is 6.92 Å². The Hall–Kier alpha value is -17.5. The van der Waals surface area contributed by atoms with Crippen molar-refractivity contribution in [1.29, 1.82) is 0 Å². The van der Waals surface area contributed by atoms with Crippen molar-refractivity contribution in [2.24, 2.45) is 0 Å². The second-order valence-electron chi connectivity index (χ2n) is 29.0. The number of aliphatic hydroxyl groups is 1. The summed E-state index contributed by atoms with van der Waals surface area (Å²) in [6, 6.07) is 49.6. The zero-order valence-electron chi connectivity index (χ0n) is 71.7. The minimum Gasteiger partial charge on any atom is -0.503 e. The molecule has 0 saturated heterocycles. The van der Waals surface area contributed by atoms with Gasteiger partial charge < -0.3 is 66.0 Å². The van der Waals surface area contributed by atoms with E-state index < -0.39 is 158 Å². The minimum atomic E-state index is -3.83. The zero-order valence-corrected chi connectivity index (χ0v) is 73.3. The fourth-order valence-corrected chi connectivity index (χ4v) is 14.3. The van der Waals surface area contributed by atoms with Crippen molar-refractivity contribution in [1.82, 2.24) is 68.0 Å². The van der Waals surface area contributed by atoms with Gasteiger partial charge in [0.2, 0.25) is 48.5 Å². The normalized spacial score (nSPS) is 11.0. The lowest BCUT2D eigenvalue weighted by Gasteiger charge is -2.23. The number of hydrogen-bond acceptors (Lipinski definition) is 31. The highest BCUT2D eigenvalue weighted by molar-refractivity contribution is 7.92. The van der Waals surface area contributed by atoms with Crippen LogP contribution < -0.4 is 42.0 Å². The van der Waals surface area contributed by atoms with Gasteiger partial charge in [0, 0.05) is 42.2 Å². The van der Waals surface area contributed by atoms with Crippen molar-refractivity contribution in [2.45, 2.75) is 65.4 Å². The van der Waals surface area contributed by atoms with E-state index in [2.05, 4.69) is 40.3 Å². The number of para-hydroxylation sites is 5. The molecule has 0 bridgehead atoms. The molecule has 14 aromatic rings. The predicted octanol–water partition coefficient (Wildman–Crippen LogP) is 7.05. The smallest absolute Gasteiger partial charge is 0.360 e. The van der Waals surface area contributed by atoms with Crippen LogP contribution in [0.25, 0.3) is 56.2 Å². The number of nitrogens with zero attached hydrogens (tertiary/aromatic N) is 14. The Labute approximate surface area is 755 Å². The standard InChI is InChI=1S/C17H12N2O4.C16H19N3O7S.C16H13N3O3.C15H16N2O4.C12H11N3O6S.C12H10N2O5/c20-14-10-19(18-15(16(14)21)17(22)23)13-9-5-4-8-12(13)11-6-2-1-3-7-11;1-3-18(4-2)27(25,26)11-6-5-10(9-20)12(7-11)19-8-13(21)15(22)14(17-19)16(23)24;1-9-6-7-11-4-3-5-12(15(11)17-9)19-8-13(21)16(22)14(18-19)10(2)20;1-15(2,3)9-6-4-5-7-10(9)17-8-11(18)13(19)12(16-17)14(20)21;1-22(20,21)14-7-3-2-4-8(5-7)15-6-9(16)11(17)10(13-15)12(18)19;1-19-9-5-3-2-4-7(9)14-6-8(15)11(16)10(13-14)12(17)18/h1-10,20H,(H,22,23);5-8,20-21H,3-4,9H2,1-2H3,(H,23,24);3-8,21H,1-2H3;4-8,18H,1-3H3,(H,20,21);2-6,14,16H,1H3,(H,18,19);2-6,15H,1H3,(H,17,18). The molecule has 0 aliphatic heterocycles. The van der Waals surface area contributed by atoms with Gasteiger partial charge in [-0.3, -0.25) is 43.3 Å². The molecule has 44 nitrogen and oxygen atoms in total. The Balaban J connectivity index is 0.000000181. The number of benzene rings is 7. The molecule has 14 rings (SSSR count). The Morgan fingerprint density at radius 2 is 0.821 bits per heavy atom. The third-order valence-corrected chi connectivity index (χ3v) is 21.2. The van der Waals surface area contributed by atoms with Gasteiger partial charge in [-0.2, -0.15) is 34.9 Å². The van der Waals surface area contributed by atoms with E-state index in [9.17, 15) is 110 Å². The molecule has 46 heteroatoms. The maximum absolute atomic E-state index is 12.7. The lowest BCUT2D eigenvalue weighted by molar-refractivity contribution is 0.0675. The van der Waals surface area contributed by atoms with Crippen LogP contribution in [0.4, 0.5) is 5.69 Å². The quantitative estimate of drug-likeness (QED) is 0.0320. The molecule has 7 aromatic heterocycles.